The first-order valence-electron chi connectivity index (χ1n) is 9.85. The number of aryl methyl sites for hydroxylation is 1. The van der Waals surface area contributed by atoms with Gasteiger partial charge in [-0.2, -0.15) is 0 Å². The van der Waals surface area contributed by atoms with Crippen LogP contribution in [0.3, 0.4) is 0 Å². The number of carbonyl (C=O) groups is 1. The molecule has 0 aliphatic rings. The second-order valence-corrected chi connectivity index (χ2v) is 6.85. The van der Waals surface area contributed by atoms with E-state index in [9.17, 15) is 4.79 Å². The molecule has 1 amide bonds. The van der Waals surface area contributed by atoms with E-state index in [-0.39, 0.29) is 5.91 Å². The summed E-state index contributed by atoms with van der Waals surface area (Å²) in [6.07, 6.45) is 5.52. The summed E-state index contributed by atoms with van der Waals surface area (Å²) in [6, 6.07) is 15.1. The van der Waals surface area contributed by atoms with Crippen LogP contribution in [0.25, 0.3) is 0 Å². The van der Waals surface area contributed by atoms with Gasteiger partial charge in [0.05, 0.1) is 6.61 Å². The summed E-state index contributed by atoms with van der Waals surface area (Å²) >= 11 is 0. The minimum atomic E-state index is -0.578. The van der Waals surface area contributed by atoms with Crippen LogP contribution < -0.4 is 14.8 Å². The van der Waals surface area contributed by atoms with Gasteiger partial charge in [-0.3, -0.25) is 4.79 Å². The number of hydrogen-bond donors (Lipinski definition) is 1. The predicted molar refractivity (Wildman–Crippen MR) is 111 cm³/mol. The lowest BCUT2D eigenvalue weighted by Crippen LogP contribution is -2.30. The third-order valence-corrected chi connectivity index (χ3v) is 4.31. The Kier molecular flexibility index (Phi) is 8.69. The number of benzene rings is 2. The molecule has 2 aromatic carbocycles. The molecule has 4 nitrogen and oxygen atoms in total. The van der Waals surface area contributed by atoms with Crippen molar-refractivity contribution < 1.29 is 14.3 Å². The second-order valence-electron chi connectivity index (χ2n) is 6.85. The molecule has 0 bridgehead atoms. The maximum Gasteiger partial charge on any atom is 0.265 e. The van der Waals surface area contributed by atoms with Crippen LogP contribution in [0, 0.1) is 6.92 Å². The Morgan fingerprint density at radius 1 is 1.00 bits per heavy atom. The van der Waals surface area contributed by atoms with E-state index in [1.807, 2.05) is 55.5 Å². The lowest BCUT2D eigenvalue weighted by atomic mass is 10.2. The first kappa shape index (κ1) is 20.8. The van der Waals surface area contributed by atoms with Gasteiger partial charge in [-0.25, -0.2) is 0 Å². The molecular weight excluding hydrogens is 338 g/mol. The van der Waals surface area contributed by atoms with Crippen LogP contribution in [0.4, 0.5) is 5.69 Å². The molecule has 1 unspecified atom stereocenters. The van der Waals surface area contributed by atoms with Crippen LogP contribution in [0.1, 0.15) is 51.5 Å². The molecule has 2 rings (SSSR count). The molecule has 146 valence electrons. The van der Waals surface area contributed by atoms with Gasteiger partial charge in [0.25, 0.3) is 5.91 Å². The third-order valence-electron chi connectivity index (χ3n) is 4.31. The van der Waals surface area contributed by atoms with Gasteiger partial charge in [0.15, 0.2) is 6.10 Å². The first-order valence-corrected chi connectivity index (χ1v) is 9.85. The van der Waals surface area contributed by atoms with Gasteiger partial charge >= 0.3 is 0 Å². The summed E-state index contributed by atoms with van der Waals surface area (Å²) in [5, 5.41) is 2.87. The topological polar surface area (TPSA) is 47.6 Å². The van der Waals surface area contributed by atoms with E-state index in [1.165, 1.54) is 25.7 Å². The summed E-state index contributed by atoms with van der Waals surface area (Å²) < 4.78 is 11.5. The van der Waals surface area contributed by atoms with Crippen LogP contribution in [0.2, 0.25) is 0 Å². The standard InChI is InChI=1S/C23H31NO3/c1-4-5-6-7-8-16-26-21-14-12-20(13-15-21)24-23(25)19(3)27-22-11-9-10-18(2)17-22/h9-15,17,19H,4-8,16H2,1-3H3,(H,24,25). The molecule has 0 heterocycles. The van der Waals surface area contributed by atoms with E-state index in [1.54, 1.807) is 6.92 Å². The third kappa shape index (κ3) is 7.73. The molecule has 0 saturated heterocycles. The molecule has 27 heavy (non-hydrogen) atoms. The fourth-order valence-corrected chi connectivity index (χ4v) is 2.72. The number of unbranched alkanes of at least 4 members (excludes halogenated alkanes) is 4. The van der Waals surface area contributed by atoms with Crippen molar-refractivity contribution in [3.05, 3.63) is 54.1 Å². The number of amides is 1. The maximum atomic E-state index is 12.3. The molecular formula is C23H31NO3. The summed E-state index contributed by atoms with van der Waals surface area (Å²) in [5.41, 5.74) is 1.83. The molecule has 0 radical (unpaired) electrons. The molecule has 1 N–H and O–H groups in total. The highest BCUT2D eigenvalue weighted by atomic mass is 16.5. The van der Waals surface area contributed by atoms with Crippen molar-refractivity contribution in [2.45, 2.75) is 59.0 Å². The Labute approximate surface area is 162 Å². The zero-order chi connectivity index (χ0) is 19.5. The number of hydrogen-bond acceptors (Lipinski definition) is 3. The van der Waals surface area contributed by atoms with Crippen LogP contribution in [0.15, 0.2) is 48.5 Å². The molecule has 0 aliphatic carbocycles. The Hall–Kier alpha value is -2.49. The molecule has 1 atom stereocenters. The Morgan fingerprint density at radius 2 is 1.74 bits per heavy atom. The smallest absolute Gasteiger partial charge is 0.265 e. The maximum absolute atomic E-state index is 12.3. The minimum absolute atomic E-state index is 0.180. The van der Waals surface area contributed by atoms with Crippen molar-refractivity contribution in [3.63, 3.8) is 0 Å². The quantitative estimate of drug-likeness (QED) is 0.513. The average Bonchev–Trinajstić information content (AvgIpc) is 2.66. The van der Waals surface area contributed by atoms with Crippen LogP contribution in [0.5, 0.6) is 11.5 Å². The van der Waals surface area contributed by atoms with Crippen LogP contribution in [-0.4, -0.2) is 18.6 Å². The summed E-state index contributed by atoms with van der Waals surface area (Å²) in [5.74, 6) is 1.34. The van der Waals surface area contributed by atoms with Crippen molar-refractivity contribution in [3.8, 4) is 11.5 Å². The lowest BCUT2D eigenvalue weighted by Gasteiger charge is -2.15. The minimum Gasteiger partial charge on any atom is -0.494 e. The molecule has 0 aromatic heterocycles. The lowest BCUT2D eigenvalue weighted by molar-refractivity contribution is -0.122. The Morgan fingerprint density at radius 3 is 2.44 bits per heavy atom. The molecule has 0 fully saturated rings. The fraction of sp³-hybridized carbons (Fsp3) is 0.435. The summed E-state index contributed by atoms with van der Waals surface area (Å²) in [7, 11) is 0. The van der Waals surface area contributed by atoms with E-state index in [4.69, 9.17) is 9.47 Å². The molecule has 4 heteroatoms. The highest BCUT2D eigenvalue weighted by Gasteiger charge is 2.15. The predicted octanol–water partition coefficient (Wildman–Crippen LogP) is 5.75. The van der Waals surface area contributed by atoms with Gasteiger partial charge in [-0.1, -0.05) is 44.7 Å². The number of nitrogens with one attached hydrogen (secondary N) is 1. The zero-order valence-corrected chi connectivity index (χ0v) is 16.7. The summed E-state index contributed by atoms with van der Waals surface area (Å²) in [4.78, 5) is 12.3. The average molecular weight is 370 g/mol. The van der Waals surface area contributed by atoms with E-state index in [0.717, 1.165) is 30.0 Å². The first-order chi connectivity index (χ1) is 13.1. The van der Waals surface area contributed by atoms with Gasteiger partial charge in [-0.15, -0.1) is 0 Å². The number of anilines is 1. The summed E-state index contributed by atoms with van der Waals surface area (Å²) in [6.45, 7) is 6.68. The molecule has 0 saturated carbocycles. The van der Waals surface area contributed by atoms with Gasteiger partial charge < -0.3 is 14.8 Å². The van der Waals surface area contributed by atoms with E-state index >= 15 is 0 Å². The fourth-order valence-electron chi connectivity index (χ4n) is 2.72. The normalized spacial score (nSPS) is 11.7. The van der Waals surface area contributed by atoms with Crippen molar-refractivity contribution in [2.24, 2.45) is 0 Å². The number of rotatable bonds is 11. The molecule has 0 spiro atoms. The van der Waals surface area contributed by atoms with Gasteiger partial charge in [0.1, 0.15) is 11.5 Å². The Balaban J connectivity index is 1.75. The van der Waals surface area contributed by atoms with Crippen molar-refractivity contribution in [1.29, 1.82) is 0 Å². The molecule has 0 aliphatic heterocycles. The SMILES string of the molecule is CCCCCCCOc1ccc(NC(=O)C(C)Oc2cccc(C)c2)cc1. The monoisotopic (exact) mass is 369 g/mol. The zero-order valence-electron chi connectivity index (χ0n) is 16.7. The number of ether oxygens (including phenoxy) is 2. The van der Waals surface area contributed by atoms with E-state index < -0.39 is 6.10 Å². The van der Waals surface area contributed by atoms with Crippen molar-refractivity contribution in [2.75, 3.05) is 11.9 Å². The van der Waals surface area contributed by atoms with Gasteiger partial charge in [0, 0.05) is 5.69 Å². The van der Waals surface area contributed by atoms with Crippen molar-refractivity contribution >= 4 is 11.6 Å². The van der Waals surface area contributed by atoms with E-state index in [2.05, 4.69) is 12.2 Å². The highest BCUT2D eigenvalue weighted by Crippen LogP contribution is 2.18. The second kappa shape index (κ2) is 11.3. The van der Waals surface area contributed by atoms with Gasteiger partial charge in [-0.05, 0) is 62.2 Å². The Bertz CT molecular complexity index is 697. The highest BCUT2D eigenvalue weighted by molar-refractivity contribution is 5.94. The number of carbonyl (C=O) groups excluding carboxylic acids is 1. The van der Waals surface area contributed by atoms with Crippen LogP contribution in [-0.2, 0) is 4.79 Å². The van der Waals surface area contributed by atoms with E-state index in [0.29, 0.717) is 5.75 Å². The van der Waals surface area contributed by atoms with Crippen LogP contribution >= 0.6 is 0 Å². The van der Waals surface area contributed by atoms with Crippen molar-refractivity contribution in [1.82, 2.24) is 0 Å². The van der Waals surface area contributed by atoms with Gasteiger partial charge in [0.2, 0.25) is 0 Å². The largest absolute Gasteiger partial charge is 0.494 e. The molecule has 2 aromatic rings.